The maximum absolute atomic E-state index is 13.2. The average Bonchev–Trinajstić information content (AvgIpc) is 2.82. The van der Waals surface area contributed by atoms with Gasteiger partial charge in [0.15, 0.2) is 5.78 Å². The molecule has 0 saturated heterocycles. The quantitative estimate of drug-likeness (QED) is 0.481. The van der Waals surface area contributed by atoms with Gasteiger partial charge < -0.3 is 19.5 Å². The van der Waals surface area contributed by atoms with Gasteiger partial charge in [0.25, 0.3) is 0 Å². The van der Waals surface area contributed by atoms with Crippen LogP contribution in [0.2, 0.25) is 0 Å². The molecule has 0 unspecified atom stereocenters. The van der Waals surface area contributed by atoms with Gasteiger partial charge in [0.1, 0.15) is 18.1 Å². The highest BCUT2D eigenvalue weighted by molar-refractivity contribution is 6.30. The smallest absolute Gasteiger partial charge is 0.250 e. The SMILES string of the molecule is COc1cccc2c1C(=O)c1c(OC)cc(NC(=O)COCc3ccccc3)cc1C2=O. The number of rotatable bonds is 7. The summed E-state index contributed by atoms with van der Waals surface area (Å²) in [5.41, 5.74) is 2.05. The molecule has 1 aliphatic carbocycles. The number of methoxy groups -OCH3 is 2. The number of amides is 1. The van der Waals surface area contributed by atoms with E-state index in [9.17, 15) is 14.4 Å². The van der Waals surface area contributed by atoms with Crippen LogP contribution >= 0.6 is 0 Å². The Balaban J connectivity index is 1.57. The van der Waals surface area contributed by atoms with E-state index in [0.717, 1.165) is 5.56 Å². The van der Waals surface area contributed by atoms with Crippen molar-refractivity contribution in [3.8, 4) is 11.5 Å². The van der Waals surface area contributed by atoms with Crippen molar-refractivity contribution in [3.05, 3.63) is 88.5 Å². The van der Waals surface area contributed by atoms with Crippen molar-refractivity contribution < 1.29 is 28.6 Å². The van der Waals surface area contributed by atoms with Gasteiger partial charge in [0, 0.05) is 22.9 Å². The summed E-state index contributed by atoms with van der Waals surface area (Å²) < 4.78 is 16.1. The number of hydrogen-bond donors (Lipinski definition) is 1. The van der Waals surface area contributed by atoms with Crippen molar-refractivity contribution in [3.63, 3.8) is 0 Å². The monoisotopic (exact) mass is 431 g/mol. The fourth-order valence-corrected chi connectivity index (χ4v) is 3.69. The molecule has 0 bridgehead atoms. The predicted octanol–water partition coefficient (Wildman–Crippen LogP) is 3.63. The van der Waals surface area contributed by atoms with Gasteiger partial charge in [-0.25, -0.2) is 0 Å². The van der Waals surface area contributed by atoms with Gasteiger partial charge in [0.05, 0.1) is 32.0 Å². The number of nitrogens with one attached hydrogen (secondary N) is 1. The second-order valence-corrected chi connectivity index (χ2v) is 7.17. The first-order valence-electron chi connectivity index (χ1n) is 9.93. The Bertz CT molecular complexity index is 1200. The molecule has 32 heavy (non-hydrogen) atoms. The maximum Gasteiger partial charge on any atom is 0.250 e. The van der Waals surface area contributed by atoms with Crippen LogP contribution in [0.15, 0.2) is 60.7 Å². The highest BCUT2D eigenvalue weighted by Gasteiger charge is 2.35. The summed E-state index contributed by atoms with van der Waals surface area (Å²) in [6, 6.07) is 17.4. The molecule has 1 aliphatic rings. The van der Waals surface area contributed by atoms with E-state index >= 15 is 0 Å². The molecule has 0 saturated carbocycles. The summed E-state index contributed by atoms with van der Waals surface area (Å²) in [4.78, 5) is 38.7. The Labute approximate surface area is 184 Å². The molecule has 0 fully saturated rings. The van der Waals surface area contributed by atoms with Crippen LogP contribution in [0, 0.1) is 0 Å². The van der Waals surface area contributed by atoms with Gasteiger partial charge in [-0.05, 0) is 17.7 Å². The number of anilines is 1. The molecule has 0 radical (unpaired) electrons. The average molecular weight is 431 g/mol. The van der Waals surface area contributed by atoms with E-state index in [1.54, 1.807) is 18.2 Å². The van der Waals surface area contributed by atoms with E-state index in [2.05, 4.69) is 5.32 Å². The Hall–Kier alpha value is -3.97. The van der Waals surface area contributed by atoms with Gasteiger partial charge >= 0.3 is 0 Å². The summed E-state index contributed by atoms with van der Waals surface area (Å²) >= 11 is 0. The minimum Gasteiger partial charge on any atom is -0.496 e. The summed E-state index contributed by atoms with van der Waals surface area (Å²) in [7, 11) is 2.85. The Morgan fingerprint density at radius 3 is 2.25 bits per heavy atom. The molecule has 1 N–H and O–H groups in total. The van der Waals surface area contributed by atoms with Crippen LogP contribution in [0.5, 0.6) is 11.5 Å². The fourth-order valence-electron chi connectivity index (χ4n) is 3.69. The van der Waals surface area contributed by atoms with E-state index in [-0.39, 0.29) is 52.1 Å². The summed E-state index contributed by atoms with van der Waals surface area (Å²) in [6.07, 6.45) is 0. The Morgan fingerprint density at radius 2 is 1.53 bits per heavy atom. The molecule has 3 aromatic carbocycles. The topological polar surface area (TPSA) is 90.9 Å². The zero-order chi connectivity index (χ0) is 22.7. The van der Waals surface area contributed by atoms with Crippen LogP contribution in [0.1, 0.15) is 37.4 Å². The maximum atomic E-state index is 13.2. The van der Waals surface area contributed by atoms with E-state index in [1.165, 1.54) is 26.4 Å². The molecule has 162 valence electrons. The molecule has 0 aliphatic heterocycles. The lowest BCUT2D eigenvalue weighted by Crippen LogP contribution is -2.24. The van der Waals surface area contributed by atoms with Crippen LogP contribution < -0.4 is 14.8 Å². The first-order chi connectivity index (χ1) is 15.5. The summed E-state index contributed by atoms with van der Waals surface area (Å²) in [5.74, 6) is -0.588. The molecule has 1 amide bonds. The van der Waals surface area contributed by atoms with Crippen molar-refractivity contribution in [2.24, 2.45) is 0 Å². The standard InChI is InChI=1S/C25H21NO6/c1-30-19-10-6-9-17-22(19)25(29)23-18(24(17)28)11-16(12-20(23)31-2)26-21(27)14-32-13-15-7-4-3-5-8-15/h3-12H,13-14H2,1-2H3,(H,26,27). The van der Waals surface area contributed by atoms with Gasteiger partial charge in [-0.2, -0.15) is 0 Å². The highest BCUT2D eigenvalue weighted by Crippen LogP contribution is 2.38. The van der Waals surface area contributed by atoms with Gasteiger partial charge in [0.2, 0.25) is 11.7 Å². The minimum atomic E-state index is -0.389. The molecule has 3 aromatic rings. The number of fused-ring (bicyclic) bond motifs is 2. The van der Waals surface area contributed by atoms with Gasteiger partial charge in [-0.1, -0.05) is 42.5 Å². The zero-order valence-corrected chi connectivity index (χ0v) is 17.6. The molecule has 7 nitrogen and oxygen atoms in total. The third kappa shape index (κ3) is 3.98. The zero-order valence-electron chi connectivity index (χ0n) is 17.6. The number of carbonyl (C=O) groups is 3. The van der Waals surface area contributed by atoms with Crippen molar-refractivity contribution in [2.75, 3.05) is 26.1 Å². The Kier molecular flexibility index (Phi) is 6.00. The van der Waals surface area contributed by atoms with Gasteiger partial charge in [-0.3, -0.25) is 14.4 Å². The fraction of sp³-hybridized carbons (Fsp3) is 0.160. The molecular formula is C25H21NO6. The molecule has 0 heterocycles. The lowest BCUT2D eigenvalue weighted by molar-refractivity contribution is -0.121. The number of ether oxygens (including phenoxy) is 3. The third-order valence-corrected chi connectivity index (χ3v) is 5.14. The second kappa shape index (κ2) is 9.03. The number of hydrogen-bond acceptors (Lipinski definition) is 6. The molecule has 0 atom stereocenters. The Morgan fingerprint density at radius 1 is 0.812 bits per heavy atom. The van der Waals surface area contributed by atoms with Gasteiger partial charge in [-0.15, -0.1) is 0 Å². The third-order valence-electron chi connectivity index (χ3n) is 5.14. The molecule has 4 rings (SSSR count). The molecule has 0 aromatic heterocycles. The van der Waals surface area contributed by atoms with E-state index < -0.39 is 0 Å². The predicted molar refractivity (Wildman–Crippen MR) is 118 cm³/mol. The van der Waals surface area contributed by atoms with Crippen LogP contribution in [0.4, 0.5) is 5.69 Å². The van der Waals surface area contributed by atoms with Crippen LogP contribution in [0.3, 0.4) is 0 Å². The molecular weight excluding hydrogens is 410 g/mol. The first kappa shape index (κ1) is 21.3. The number of benzene rings is 3. The van der Waals surface area contributed by atoms with Crippen LogP contribution in [-0.2, 0) is 16.1 Å². The van der Waals surface area contributed by atoms with Crippen molar-refractivity contribution in [2.45, 2.75) is 6.61 Å². The van der Waals surface area contributed by atoms with Crippen LogP contribution in [-0.4, -0.2) is 38.3 Å². The summed E-state index contributed by atoms with van der Waals surface area (Å²) in [6.45, 7) is 0.134. The van der Waals surface area contributed by atoms with E-state index in [0.29, 0.717) is 18.0 Å². The van der Waals surface area contributed by atoms with Crippen molar-refractivity contribution >= 4 is 23.2 Å². The molecule has 7 heteroatoms. The summed E-state index contributed by atoms with van der Waals surface area (Å²) in [5, 5.41) is 2.70. The number of ketones is 2. The largest absolute Gasteiger partial charge is 0.496 e. The van der Waals surface area contributed by atoms with E-state index in [4.69, 9.17) is 14.2 Å². The molecule has 0 spiro atoms. The second-order valence-electron chi connectivity index (χ2n) is 7.17. The normalized spacial score (nSPS) is 12.1. The van der Waals surface area contributed by atoms with Crippen LogP contribution in [0.25, 0.3) is 0 Å². The minimum absolute atomic E-state index is 0.146. The van der Waals surface area contributed by atoms with E-state index in [1.807, 2.05) is 30.3 Å². The van der Waals surface area contributed by atoms with Crippen molar-refractivity contribution in [1.29, 1.82) is 0 Å². The lowest BCUT2D eigenvalue weighted by Gasteiger charge is -2.22. The highest BCUT2D eigenvalue weighted by atomic mass is 16.5. The first-order valence-corrected chi connectivity index (χ1v) is 9.93. The number of carbonyl (C=O) groups excluding carboxylic acids is 3. The lowest BCUT2D eigenvalue weighted by atomic mass is 9.82. The van der Waals surface area contributed by atoms with Crippen molar-refractivity contribution in [1.82, 2.24) is 0 Å².